The molecular weight excluding hydrogens is 368 g/mol. The number of rotatable bonds is 7. The fourth-order valence-corrected chi connectivity index (χ4v) is 3.35. The van der Waals surface area contributed by atoms with Crippen molar-refractivity contribution in [2.24, 2.45) is 5.16 Å². The van der Waals surface area contributed by atoms with Gasteiger partial charge in [0.05, 0.1) is 11.7 Å². The maximum absolute atomic E-state index is 9.56. The summed E-state index contributed by atoms with van der Waals surface area (Å²) < 4.78 is 13.8. The monoisotopic (exact) mass is 392 g/mol. The minimum absolute atomic E-state index is 0.410. The molecule has 4 rings (SSSR count). The van der Waals surface area contributed by atoms with Crippen molar-refractivity contribution in [3.05, 3.63) is 60.3 Å². The van der Waals surface area contributed by atoms with E-state index in [1.807, 2.05) is 47.0 Å². The number of aromatic nitrogens is 2. The molecule has 0 radical (unpaired) electrons. The fourth-order valence-electron chi connectivity index (χ4n) is 3.35. The SMILES string of the molecule is CCN(CC)CCOc1ccc2oc(-c3cc4cccn4cn3)c/c(=N\O)c2c1. The van der Waals surface area contributed by atoms with E-state index in [2.05, 4.69) is 28.9 Å². The molecule has 7 heteroatoms. The first-order chi connectivity index (χ1) is 14.2. The van der Waals surface area contributed by atoms with Crippen molar-refractivity contribution >= 4 is 16.5 Å². The van der Waals surface area contributed by atoms with Crippen LogP contribution in [0, 0.1) is 0 Å². The lowest BCUT2D eigenvalue weighted by Crippen LogP contribution is -2.27. The number of hydrogen-bond donors (Lipinski definition) is 1. The Morgan fingerprint density at radius 1 is 1.17 bits per heavy atom. The van der Waals surface area contributed by atoms with Crippen LogP contribution in [0.1, 0.15) is 13.8 Å². The van der Waals surface area contributed by atoms with Gasteiger partial charge in [0.25, 0.3) is 0 Å². The quantitative estimate of drug-likeness (QED) is 0.383. The molecule has 0 saturated carbocycles. The number of benzene rings is 1. The molecule has 29 heavy (non-hydrogen) atoms. The van der Waals surface area contributed by atoms with Crippen LogP contribution in [0.2, 0.25) is 0 Å². The molecule has 0 unspecified atom stereocenters. The number of likely N-dealkylation sites (N-methyl/N-ethyl adjacent to an activating group) is 1. The first-order valence-electron chi connectivity index (χ1n) is 9.76. The molecule has 3 heterocycles. The number of nitrogens with zero attached hydrogens (tertiary/aromatic N) is 4. The van der Waals surface area contributed by atoms with Crippen molar-refractivity contribution in [1.29, 1.82) is 0 Å². The maximum Gasteiger partial charge on any atom is 0.155 e. The van der Waals surface area contributed by atoms with Gasteiger partial charge in [0, 0.05) is 24.3 Å². The van der Waals surface area contributed by atoms with Crippen molar-refractivity contribution < 1.29 is 14.4 Å². The van der Waals surface area contributed by atoms with Crippen LogP contribution in [0.3, 0.4) is 0 Å². The van der Waals surface area contributed by atoms with E-state index in [0.717, 1.165) is 25.2 Å². The smallest absolute Gasteiger partial charge is 0.155 e. The molecule has 0 spiro atoms. The van der Waals surface area contributed by atoms with Crippen molar-refractivity contribution in [3.63, 3.8) is 0 Å². The van der Waals surface area contributed by atoms with E-state index in [0.29, 0.717) is 40.1 Å². The van der Waals surface area contributed by atoms with Gasteiger partial charge in [-0.1, -0.05) is 19.0 Å². The van der Waals surface area contributed by atoms with Gasteiger partial charge >= 0.3 is 0 Å². The third kappa shape index (κ3) is 3.95. The lowest BCUT2D eigenvalue weighted by molar-refractivity contribution is 0.223. The number of ether oxygens (including phenoxy) is 1. The Bertz CT molecular complexity index is 1190. The third-order valence-electron chi connectivity index (χ3n) is 5.06. The summed E-state index contributed by atoms with van der Waals surface area (Å²) in [6, 6.07) is 13.1. The van der Waals surface area contributed by atoms with E-state index in [-0.39, 0.29) is 0 Å². The van der Waals surface area contributed by atoms with Crippen LogP contribution in [-0.4, -0.2) is 45.7 Å². The van der Waals surface area contributed by atoms with Gasteiger partial charge in [-0.05, 0) is 49.5 Å². The van der Waals surface area contributed by atoms with Crippen LogP contribution < -0.4 is 10.1 Å². The molecule has 7 nitrogen and oxygen atoms in total. The Morgan fingerprint density at radius 3 is 2.83 bits per heavy atom. The van der Waals surface area contributed by atoms with Crippen molar-refractivity contribution in [3.8, 4) is 17.2 Å². The fraction of sp³-hybridized carbons (Fsp3) is 0.273. The van der Waals surface area contributed by atoms with Gasteiger partial charge in [-0.25, -0.2) is 4.98 Å². The highest BCUT2D eigenvalue weighted by Crippen LogP contribution is 2.24. The molecule has 0 aliphatic heterocycles. The summed E-state index contributed by atoms with van der Waals surface area (Å²) >= 11 is 0. The Labute approximate surface area is 168 Å². The zero-order chi connectivity index (χ0) is 20.2. The molecule has 0 amide bonds. The molecular formula is C22H24N4O3. The molecule has 4 aromatic rings. The average molecular weight is 392 g/mol. The van der Waals surface area contributed by atoms with E-state index in [1.165, 1.54) is 0 Å². The van der Waals surface area contributed by atoms with E-state index >= 15 is 0 Å². The summed E-state index contributed by atoms with van der Waals surface area (Å²) in [5.41, 5.74) is 2.27. The van der Waals surface area contributed by atoms with E-state index in [4.69, 9.17) is 9.15 Å². The Kier molecular flexibility index (Phi) is 5.48. The molecule has 0 aliphatic rings. The second-order valence-electron chi connectivity index (χ2n) is 6.74. The summed E-state index contributed by atoms with van der Waals surface area (Å²) in [6.45, 7) is 7.72. The Morgan fingerprint density at radius 2 is 2.03 bits per heavy atom. The second kappa shape index (κ2) is 8.36. The largest absolute Gasteiger partial charge is 0.492 e. The third-order valence-corrected chi connectivity index (χ3v) is 5.06. The highest BCUT2D eigenvalue weighted by molar-refractivity contribution is 5.80. The van der Waals surface area contributed by atoms with Gasteiger partial charge in [0.1, 0.15) is 29.0 Å². The minimum atomic E-state index is 0.410. The molecule has 0 bridgehead atoms. The van der Waals surface area contributed by atoms with Gasteiger partial charge < -0.3 is 23.7 Å². The Hall–Kier alpha value is -3.32. The van der Waals surface area contributed by atoms with E-state index < -0.39 is 0 Å². The summed E-state index contributed by atoms with van der Waals surface area (Å²) in [7, 11) is 0. The van der Waals surface area contributed by atoms with Gasteiger partial charge in [-0.15, -0.1) is 0 Å². The van der Waals surface area contributed by atoms with Crippen LogP contribution in [0.25, 0.3) is 27.9 Å². The van der Waals surface area contributed by atoms with Crippen molar-refractivity contribution in [1.82, 2.24) is 14.3 Å². The van der Waals surface area contributed by atoms with Gasteiger partial charge in [0.2, 0.25) is 0 Å². The predicted molar refractivity (Wildman–Crippen MR) is 111 cm³/mol. The minimum Gasteiger partial charge on any atom is -0.492 e. The molecule has 1 aromatic carbocycles. The molecule has 1 N–H and O–H groups in total. The van der Waals surface area contributed by atoms with Gasteiger partial charge in [-0.3, -0.25) is 0 Å². The summed E-state index contributed by atoms with van der Waals surface area (Å²) in [5.74, 6) is 1.24. The summed E-state index contributed by atoms with van der Waals surface area (Å²) in [4.78, 5) is 6.74. The predicted octanol–water partition coefficient (Wildman–Crippen LogP) is 3.76. The molecule has 3 aromatic heterocycles. The number of fused-ring (bicyclic) bond motifs is 2. The lowest BCUT2D eigenvalue weighted by atomic mass is 10.2. The second-order valence-corrected chi connectivity index (χ2v) is 6.74. The standard InChI is InChI=1S/C22H24N4O3/c1-3-25(4-2)10-11-28-17-7-8-21-18(13-17)19(24-27)14-22(29-21)20-12-16-6-5-9-26(16)15-23-20/h5-9,12-15,27H,3-4,10-11H2,1-2H3/b24-19+. The molecule has 0 atom stereocenters. The van der Waals surface area contributed by atoms with Crippen LogP contribution in [-0.2, 0) is 0 Å². The van der Waals surface area contributed by atoms with Crippen molar-refractivity contribution in [2.75, 3.05) is 26.2 Å². The molecule has 0 fully saturated rings. The van der Waals surface area contributed by atoms with E-state index in [1.54, 1.807) is 12.4 Å². The maximum atomic E-state index is 9.56. The van der Waals surface area contributed by atoms with Gasteiger partial charge in [0.15, 0.2) is 5.76 Å². The highest BCUT2D eigenvalue weighted by atomic mass is 16.5. The molecule has 0 saturated heterocycles. The van der Waals surface area contributed by atoms with Crippen LogP contribution in [0.15, 0.2) is 64.6 Å². The van der Waals surface area contributed by atoms with Gasteiger partial charge in [-0.2, -0.15) is 0 Å². The molecule has 0 aliphatic carbocycles. The number of hydrogen-bond acceptors (Lipinski definition) is 6. The topological polar surface area (TPSA) is 75.5 Å². The van der Waals surface area contributed by atoms with Crippen LogP contribution in [0.5, 0.6) is 5.75 Å². The normalized spacial score (nSPS) is 12.3. The van der Waals surface area contributed by atoms with Crippen molar-refractivity contribution in [2.45, 2.75) is 13.8 Å². The summed E-state index contributed by atoms with van der Waals surface area (Å²) in [6.07, 6.45) is 3.66. The van der Waals surface area contributed by atoms with Crippen LogP contribution in [0.4, 0.5) is 0 Å². The average Bonchev–Trinajstić information content (AvgIpc) is 3.24. The first-order valence-corrected chi connectivity index (χ1v) is 9.76. The zero-order valence-corrected chi connectivity index (χ0v) is 16.6. The zero-order valence-electron chi connectivity index (χ0n) is 16.6. The summed E-state index contributed by atoms with van der Waals surface area (Å²) in [5, 5.41) is 14.1. The highest BCUT2D eigenvalue weighted by Gasteiger charge is 2.10. The lowest BCUT2D eigenvalue weighted by Gasteiger charge is -2.18. The first kappa shape index (κ1) is 19.0. The molecule has 150 valence electrons. The van der Waals surface area contributed by atoms with E-state index in [9.17, 15) is 5.21 Å². The Balaban J connectivity index is 1.65. The van der Waals surface area contributed by atoms with Crippen LogP contribution >= 0.6 is 0 Å².